The summed E-state index contributed by atoms with van der Waals surface area (Å²) in [6.07, 6.45) is 4.44. The third-order valence-corrected chi connectivity index (χ3v) is 7.41. The molecule has 0 saturated carbocycles. The lowest BCUT2D eigenvalue weighted by atomic mass is 9.80. The van der Waals surface area contributed by atoms with Crippen LogP contribution in [0.25, 0.3) is 10.8 Å². The van der Waals surface area contributed by atoms with E-state index in [9.17, 15) is 5.11 Å². The zero-order chi connectivity index (χ0) is 26.0. The number of fused-ring (bicyclic) bond motifs is 1. The Labute approximate surface area is 226 Å². The van der Waals surface area contributed by atoms with Crippen LogP contribution in [0.1, 0.15) is 60.5 Å². The number of aliphatic hydroxyl groups is 1. The average Bonchev–Trinajstić information content (AvgIpc) is 2.99. The number of unbranched alkanes of at least 4 members (excludes halogenated alkanes) is 3. The molecule has 38 heavy (non-hydrogen) atoms. The quantitative estimate of drug-likeness (QED) is 0.137. The average molecular weight is 501 g/mol. The lowest BCUT2D eigenvalue weighted by Gasteiger charge is -2.36. The van der Waals surface area contributed by atoms with Crippen LogP contribution in [-0.4, -0.2) is 11.7 Å². The molecular formula is C36H36O2. The second kappa shape index (κ2) is 12.7. The van der Waals surface area contributed by atoms with E-state index in [0.717, 1.165) is 59.7 Å². The molecule has 1 unspecified atom stereocenters. The third kappa shape index (κ3) is 5.72. The second-order valence-corrected chi connectivity index (χ2v) is 9.91. The third-order valence-electron chi connectivity index (χ3n) is 7.41. The molecule has 5 rings (SSSR count). The topological polar surface area (TPSA) is 29.5 Å². The van der Waals surface area contributed by atoms with Gasteiger partial charge in [-0.25, -0.2) is 0 Å². The normalized spacial score (nSPS) is 12.4. The predicted octanol–water partition coefficient (Wildman–Crippen LogP) is 8.83. The molecule has 0 aliphatic rings. The van der Waals surface area contributed by atoms with Gasteiger partial charge in [-0.2, -0.15) is 0 Å². The molecule has 0 radical (unpaired) electrons. The molecule has 2 nitrogen and oxygen atoms in total. The Bertz CT molecular complexity index is 1300. The van der Waals surface area contributed by atoms with Crippen LogP contribution in [0.2, 0.25) is 0 Å². The predicted molar refractivity (Wildman–Crippen MR) is 157 cm³/mol. The first kappa shape index (κ1) is 25.9. The van der Waals surface area contributed by atoms with Gasteiger partial charge in [-0.15, -0.1) is 0 Å². The largest absolute Gasteiger partial charge is 0.388 e. The minimum atomic E-state index is -0.658. The molecule has 0 heterocycles. The summed E-state index contributed by atoms with van der Waals surface area (Å²) in [7, 11) is 0. The molecule has 0 aliphatic heterocycles. The first-order valence-corrected chi connectivity index (χ1v) is 13.8. The van der Waals surface area contributed by atoms with Crippen molar-refractivity contribution in [2.75, 3.05) is 6.61 Å². The van der Waals surface area contributed by atoms with Gasteiger partial charge in [0.15, 0.2) is 0 Å². The van der Waals surface area contributed by atoms with Crippen LogP contribution in [0.15, 0.2) is 133 Å². The van der Waals surface area contributed by atoms with Gasteiger partial charge in [-0.3, -0.25) is 0 Å². The number of aliphatic hydroxyl groups excluding tert-OH is 1. The van der Waals surface area contributed by atoms with Crippen molar-refractivity contribution < 1.29 is 9.84 Å². The van der Waals surface area contributed by atoms with Crippen molar-refractivity contribution in [2.24, 2.45) is 0 Å². The van der Waals surface area contributed by atoms with E-state index in [0.29, 0.717) is 6.61 Å². The van der Waals surface area contributed by atoms with E-state index in [2.05, 4.69) is 115 Å². The summed E-state index contributed by atoms with van der Waals surface area (Å²) < 4.78 is 6.88. The molecule has 0 aliphatic carbocycles. The highest BCUT2D eigenvalue weighted by Gasteiger charge is 2.37. The van der Waals surface area contributed by atoms with Gasteiger partial charge >= 0.3 is 0 Å². The number of benzene rings is 5. The van der Waals surface area contributed by atoms with E-state index < -0.39 is 11.7 Å². The molecule has 1 N–H and O–H groups in total. The molecule has 0 saturated heterocycles. The van der Waals surface area contributed by atoms with E-state index in [4.69, 9.17) is 4.74 Å². The summed E-state index contributed by atoms with van der Waals surface area (Å²) in [5.74, 6) is 0. The molecule has 0 amide bonds. The van der Waals surface area contributed by atoms with Crippen molar-refractivity contribution in [3.05, 3.63) is 156 Å². The van der Waals surface area contributed by atoms with Crippen LogP contribution in [0.4, 0.5) is 0 Å². The Morgan fingerprint density at radius 2 is 1.03 bits per heavy atom. The molecule has 0 fully saturated rings. The first-order valence-electron chi connectivity index (χ1n) is 13.8. The maximum Gasteiger partial charge on any atom is 0.143 e. The van der Waals surface area contributed by atoms with Crippen LogP contribution in [0, 0.1) is 0 Å². The Morgan fingerprint density at radius 3 is 1.63 bits per heavy atom. The van der Waals surface area contributed by atoms with Gasteiger partial charge in [0.1, 0.15) is 5.60 Å². The van der Waals surface area contributed by atoms with Crippen molar-refractivity contribution >= 4 is 10.8 Å². The maximum absolute atomic E-state index is 10.9. The zero-order valence-electron chi connectivity index (χ0n) is 21.9. The van der Waals surface area contributed by atoms with Crippen LogP contribution in [0.5, 0.6) is 0 Å². The van der Waals surface area contributed by atoms with Crippen molar-refractivity contribution in [1.82, 2.24) is 0 Å². The van der Waals surface area contributed by atoms with E-state index in [1.165, 1.54) is 5.39 Å². The summed E-state index contributed by atoms with van der Waals surface area (Å²) in [6.45, 7) is 0.657. The summed E-state index contributed by atoms with van der Waals surface area (Å²) in [5.41, 5.74) is 3.78. The summed E-state index contributed by atoms with van der Waals surface area (Å²) in [5, 5.41) is 13.2. The molecule has 1 atom stereocenters. The molecule has 2 heteroatoms. The van der Waals surface area contributed by atoms with Gasteiger partial charge in [-0.1, -0.05) is 153 Å². The van der Waals surface area contributed by atoms with Crippen LogP contribution < -0.4 is 0 Å². The van der Waals surface area contributed by atoms with Gasteiger partial charge in [0, 0.05) is 6.61 Å². The van der Waals surface area contributed by atoms with Gasteiger partial charge < -0.3 is 9.84 Å². The maximum atomic E-state index is 10.9. The highest BCUT2D eigenvalue weighted by Crippen LogP contribution is 2.40. The smallest absolute Gasteiger partial charge is 0.143 e. The molecular weight excluding hydrogens is 464 g/mol. The Kier molecular flexibility index (Phi) is 8.65. The lowest BCUT2D eigenvalue weighted by molar-refractivity contribution is 0.0105. The van der Waals surface area contributed by atoms with Gasteiger partial charge in [-0.05, 0) is 45.9 Å². The standard InChI is InChI=1S/C36H36O2/c37-35(34-26-16-18-29-17-13-14-25-33(29)34)27-12-1-2-15-28-38-36(30-19-6-3-7-20-30,31-21-8-4-9-22-31)32-23-10-5-11-24-32/h3-11,13-14,16-26,35,37H,1-2,12,15,27-28H2. The van der Waals surface area contributed by atoms with Gasteiger partial charge in [0.05, 0.1) is 6.10 Å². The fraction of sp³-hybridized carbons (Fsp3) is 0.222. The monoisotopic (exact) mass is 500 g/mol. The number of hydrogen-bond acceptors (Lipinski definition) is 2. The van der Waals surface area contributed by atoms with Crippen molar-refractivity contribution in [3.63, 3.8) is 0 Å². The van der Waals surface area contributed by atoms with E-state index in [1.807, 2.05) is 18.2 Å². The fourth-order valence-corrected chi connectivity index (χ4v) is 5.48. The van der Waals surface area contributed by atoms with Crippen LogP contribution in [-0.2, 0) is 10.3 Å². The molecule has 5 aromatic carbocycles. The molecule has 0 bridgehead atoms. The lowest BCUT2D eigenvalue weighted by Crippen LogP contribution is -2.33. The summed E-state index contributed by atoms with van der Waals surface area (Å²) in [4.78, 5) is 0. The Morgan fingerprint density at radius 1 is 0.526 bits per heavy atom. The number of ether oxygens (including phenoxy) is 1. The molecule has 0 aromatic heterocycles. The highest BCUT2D eigenvalue weighted by molar-refractivity contribution is 5.85. The Balaban J connectivity index is 1.22. The van der Waals surface area contributed by atoms with Gasteiger partial charge in [0.25, 0.3) is 0 Å². The highest BCUT2D eigenvalue weighted by atomic mass is 16.5. The van der Waals surface area contributed by atoms with Crippen molar-refractivity contribution in [2.45, 2.75) is 43.8 Å². The van der Waals surface area contributed by atoms with Crippen molar-refractivity contribution in [3.8, 4) is 0 Å². The molecule has 192 valence electrons. The van der Waals surface area contributed by atoms with Gasteiger partial charge in [0.2, 0.25) is 0 Å². The van der Waals surface area contributed by atoms with E-state index in [1.54, 1.807) is 0 Å². The van der Waals surface area contributed by atoms with Crippen LogP contribution >= 0.6 is 0 Å². The Hall–Kier alpha value is -3.72. The minimum absolute atomic E-state index is 0.431. The molecule has 5 aromatic rings. The molecule has 0 spiro atoms. The van der Waals surface area contributed by atoms with E-state index in [-0.39, 0.29) is 0 Å². The minimum Gasteiger partial charge on any atom is -0.388 e. The number of rotatable bonds is 12. The van der Waals surface area contributed by atoms with E-state index >= 15 is 0 Å². The van der Waals surface area contributed by atoms with Crippen LogP contribution in [0.3, 0.4) is 0 Å². The zero-order valence-corrected chi connectivity index (χ0v) is 21.9. The summed E-state index contributed by atoms with van der Waals surface area (Å²) in [6, 6.07) is 46.1. The summed E-state index contributed by atoms with van der Waals surface area (Å²) >= 11 is 0. The second-order valence-electron chi connectivity index (χ2n) is 9.91. The fourth-order valence-electron chi connectivity index (χ4n) is 5.48. The first-order chi connectivity index (χ1) is 18.8. The van der Waals surface area contributed by atoms with Crippen molar-refractivity contribution in [1.29, 1.82) is 0 Å². The number of hydrogen-bond donors (Lipinski definition) is 1. The SMILES string of the molecule is OC(CCCCCCOC(c1ccccc1)(c1ccccc1)c1ccccc1)c1cccc2ccccc12.